The number of imide groups is 1. The first-order valence-corrected chi connectivity index (χ1v) is 7.20. The Morgan fingerprint density at radius 3 is 2.30 bits per heavy atom. The van der Waals surface area contributed by atoms with Gasteiger partial charge in [-0.2, -0.15) is 0 Å². The predicted octanol–water partition coefficient (Wildman–Crippen LogP) is 0.918. The molecule has 1 aromatic rings. The number of rotatable bonds is 7. The van der Waals surface area contributed by atoms with Gasteiger partial charge in [0.2, 0.25) is 11.8 Å². The zero-order valence-electron chi connectivity index (χ0n) is 13.4. The van der Waals surface area contributed by atoms with Crippen molar-refractivity contribution in [2.24, 2.45) is 0 Å². The van der Waals surface area contributed by atoms with Gasteiger partial charge in [-0.05, 0) is 38.1 Å². The molecule has 1 aromatic carbocycles. The van der Waals surface area contributed by atoms with Gasteiger partial charge in [-0.15, -0.1) is 0 Å². The molecular weight excluding hydrogens is 300 g/mol. The molecule has 0 saturated carbocycles. The summed E-state index contributed by atoms with van der Waals surface area (Å²) in [6.45, 7) is 3.83. The molecule has 0 aromatic heterocycles. The maximum Gasteiger partial charge on any atom is 0.321 e. The van der Waals surface area contributed by atoms with Gasteiger partial charge in [-0.3, -0.25) is 14.9 Å². The number of anilines is 2. The molecule has 0 saturated heterocycles. The number of hydrogen-bond donors (Lipinski definition) is 4. The number of benzene rings is 1. The highest BCUT2D eigenvalue weighted by molar-refractivity contribution is 5.98. The fourth-order valence-electron chi connectivity index (χ4n) is 1.72. The summed E-state index contributed by atoms with van der Waals surface area (Å²) >= 11 is 0. The highest BCUT2D eigenvalue weighted by atomic mass is 16.5. The van der Waals surface area contributed by atoms with Crippen molar-refractivity contribution in [1.29, 1.82) is 0 Å². The van der Waals surface area contributed by atoms with Crippen LogP contribution in [0.25, 0.3) is 0 Å². The molecule has 126 valence electrons. The molecule has 0 aliphatic heterocycles. The van der Waals surface area contributed by atoms with E-state index < -0.39 is 18.0 Å². The molecular formula is C15H22N4O4. The van der Waals surface area contributed by atoms with Crippen LogP contribution in [0, 0.1) is 0 Å². The highest BCUT2D eigenvalue weighted by Gasteiger charge is 2.15. The second-order valence-electron chi connectivity index (χ2n) is 4.77. The van der Waals surface area contributed by atoms with Gasteiger partial charge in [0, 0.05) is 25.0 Å². The molecule has 23 heavy (non-hydrogen) atoms. The maximum atomic E-state index is 11.8. The quantitative estimate of drug-likeness (QED) is 0.597. The van der Waals surface area contributed by atoms with E-state index in [1.165, 1.54) is 7.11 Å². The number of nitrogens with one attached hydrogen (secondary N) is 4. The van der Waals surface area contributed by atoms with E-state index in [0.29, 0.717) is 17.9 Å². The van der Waals surface area contributed by atoms with E-state index in [0.717, 1.165) is 0 Å². The van der Waals surface area contributed by atoms with E-state index in [9.17, 15) is 14.4 Å². The Bertz CT molecular complexity index is 545. The van der Waals surface area contributed by atoms with Crippen molar-refractivity contribution in [2.45, 2.75) is 19.9 Å². The number of amides is 4. The van der Waals surface area contributed by atoms with Crippen LogP contribution in [0.2, 0.25) is 0 Å². The van der Waals surface area contributed by atoms with Crippen LogP contribution < -0.4 is 21.3 Å². The van der Waals surface area contributed by atoms with Crippen LogP contribution in [-0.2, 0) is 14.3 Å². The topological polar surface area (TPSA) is 109 Å². The molecule has 0 aliphatic carbocycles. The van der Waals surface area contributed by atoms with Crippen LogP contribution in [0.1, 0.15) is 13.8 Å². The molecule has 0 unspecified atom stereocenters. The third-order valence-corrected chi connectivity index (χ3v) is 2.79. The first kappa shape index (κ1) is 18.4. The summed E-state index contributed by atoms with van der Waals surface area (Å²) in [6, 6.07) is 5.72. The zero-order valence-corrected chi connectivity index (χ0v) is 13.4. The lowest BCUT2D eigenvalue weighted by Gasteiger charge is -2.15. The standard InChI is InChI=1S/C15H22N4O4/c1-4-16-15(22)19-14(21)10(2)17-11-5-7-12(8-6-11)18-13(20)9-23-3/h5-8,10,17H,4,9H2,1-3H3,(H,18,20)(H2,16,19,21,22)/t10-/m0/s1. The molecule has 1 atom stereocenters. The van der Waals surface area contributed by atoms with Crippen LogP contribution in [0.4, 0.5) is 16.2 Å². The monoisotopic (exact) mass is 322 g/mol. The van der Waals surface area contributed by atoms with E-state index in [1.807, 2.05) is 0 Å². The van der Waals surface area contributed by atoms with Crippen LogP contribution in [-0.4, -0.2) is 44.1 Å². The maximum absolute atomic E-state index is 11.8. The normalized spacial score (nSPS) is 11.3. The summed E-state index contributed by atoms with van der Waals surface area (Å²) < 4.78 is 4.73. The van der Waals surface area contributed by atoms with Gasteiger partial charge in [0.1, 0.15) is 12.6 Å². The van der Waals surface area contributed by atoms with Crippen molar-refractivity contribution >= 4 is 29.2 Å². The minimum absolute atomic E-state index is 0.0168. The summed E-state index contributed by atoms with van der Waals surface area (Å²) in [4.78, 5) is 34.5. The smallest absolute Gasteiger partial charge is 0.321 e. The van der Waals surface area contributed by atoms with E-state index in [4.69, 9.17) is 4.74 Å². The fourth-order valence-corrected chi connectivity index (χ4v) is 1.72. The summed E-state index contributed by atoms with van der Waals surface area (Å²) in [5.41, 5.74) is 1.31. The molecule has 0 bridgehead atoms. The third kappa shape index (κ3) is 6.79. The predicted molar refractivity (Wildman–Crippen MR) is 87.2 cm³/mol. The number of carbonyl (C=O) groups excluding carboxylic acids is 3. The van der Waals surface area contributed by atoms with E-state index in [1.54, 1.807) is 38.1 Å². The van der Waals surface area contributed by atoms with Crippen molar-refractivity contribution in [2.75, 3.05) is 30.9 Å². The summed E-state index contributed by atoms with van der Waals surface area (Å²) in [5.74, 6) is -0.684. The second-order valence-corrected chi connectivity index (χ2v) is 4.77. The van der Waals surface area contributed by atoms with Gasteiger partial charge in [0.15, 0.2) is 0 Å². The van der Waals surface area contributed by atoms with Crippen molar-refractivity contribution in [3.8, 4) is 0 Å². The molecule has 0 spiro atoms. The number of hydrogen-bond acceptors (Lipinski definition) is 5. The van der Waals surface area contributed by atoms with Gasteiger partial charge < -0.3 is 20.7 Å². The molecule has 8 nitrogen and oxygen atoms in total. The second kappa shape index (κ2) is 9.42. The fraction of sp³-hybridized carbons (Fsp3) is 0.400. The average molecular weight is 322 g/mol. The molecule has 0 radical (unpaired) electrons. The summed E-state index contributed by atoms with van der Waals surface area (Å²) in [6.07, 6.45) is 0. The number of urea groups is 1. The first-order valence-electron chi connectivity index (χ1n) is 7.20. The lowest BCUT2D eigenvalue weighted by molar-refractivity contribution is -0.120. The number of carbonyl (C=O) groups is 3. The van der Waals surface area contributed by atoms with E-state index in [-0.39, 0.29) is 12.5 Å². The van der Waals surface area contributed by atoms with Gasteiger partial charge in [-0.25, -0.2) is 4.79 Å². The molecule has 8 heteroatoms. The van der Waals surface area contributed by atoms with Crippen LogP contribution in [0.15, 0.2) is 24.3 Å². The lowest BCUT2D eigenvalue weighted by Crippen LogP contribution is -2.45. The van der Waals surface area contributed by atoms with Gasteiger partial charge >= 0.3 is 6.03 Å². The minimum Gasteiger partial charge on any atom is -0.375 e. The van der Waals surface area contributed by atoms with Crippen molar-refractivity contribution in [1.82, 2.24) is 10.6 Å². The summed E-state index contributed by atoms with van der Waals surface area (Å²) in [7, 11) is 1.44. The third-order valence-electron chi connectivity index (χ3n) is 2.79. The number of ether oxygens (including phenoxy) is 1. The van der Waals surface area contributed by atoms with Gasteiger partial charge in [-0.1, -0.05) is 0 Å². The summed E-state index contributed by atoms with van der Waals surface area (Å²) in [5, 5.41) is 10.3. The number of methoxy groups -OCH3 is 1. The minimum atomic E-state index is -0.591. The Morgan fingerprint density at radius 1 is 1.13 bits per heavy atom. The highest BCUT2D eigenvalue weighted by Crippen LogP contribution is 2.14. The van der Waals surface area contributed by atoms with Gasteiger partial charge in [0.25, 0.3) is 0 Å². The van der Waals surface area contributed by atoms with Crippen LogP contribution in [0.3, 0.4) is 0 Å². The zero-order chi connectivity index (χ0) is 17.2. The molecule has 1 rings (SSSR count). The van der Waals surface area contributed by atoms with Gasteiger partial charge in [0.05, 0.1) is 0 Å². The van der Waals surface area contributed by atoms with Crippen molar-refractivity contribution < 1.29 is 19.1 Å². The Kier molecular flexibility index (Phi) is 7.55. The van der Waals surface area contributed by atoms with E-state index in [2.05, 4.69) is 21.3 Å². The molecule has 0 aliphatic rings. The Morgan fingerprint density at radius 2 is 1.74 bits per heavy atom. The Hall–Kier alpha value is -2.61. The largest absolute Gasteiger partial charge is 0.375 e. The lowest BCUT2D eigenvalue weighted by atomic mass is 10.2. The molecule has 4 N–H and O–H groups in total. The average Bonchev–Trinajstić information content (AvgIpc) is 2.49. The Labute approximate surface area is 135 Å². The SMILES string of the molecule is CCNC(=O)NC(=O)[C@H](C)Nc1ccc(NC(=O)COC)cc1. The molecule has 0 fully saturated rings. The Balaban J connectivity index is 2.52. The van der Waals surface area contributed by atoms with E-state index >= 15 is 0 Å². The molecule has 4 amide bonds. The first-order chi connectivity index (χ1) is 11.0. The van der Waals surface area contributed by atoms with Crippen LogP contribution >= 0.6 is 0 Å². The molecule has 0 heterocycles. The van der Waals surface area contributed by atoms with Crippen molar-refractivity contribution in [3.05, 3.63) is 24.3 Å². The van der Waals surface area contributed by atoms with Crippen molar-refractivity contribution in [3.63, 3.8) is 0 Å². The van der Waals surface area contributed by atoms with Crippen LogP contribution in [0.5, 0.6) is 0 Å².